The van der Waals surface area contributed by atoms with Crippen molar-refractivity contribution < 1.29 is 9.47 Å². The molecule has 2 nitrogen and oxygen atoms in total. The lowest BCUT2D eigenvalue weighted by Crippen LogP contribution is -2.28. The smallest absolute Gasteiger partial charge is 0.119 e. The van der Waals surface area contributed by atoms with Crippen LogP contribution in [-0.2, 0) is 0 Å². The van der Waals surface area contributed by atoms with Crippen LogP contribution in [0.4, 0.5) is 0 Å². The second kappa shape index (κ2) is 9.12. The molecule has 3 atom stereocenters. The summed E-state index contributed by atoms with van der Waals surface area (Å²) < 4.78 is 12.3. The molecule has 0 heterocycles. The van der Waals surface area contributed by atoms with Crippen LogP contribution in [0.25, 0.3) is 0 Å². The van der Waals surface area contributed by atoms with Crippen LogP contribution in [-0.4, -0.2) is 12.7 Å². The molecule has 0 amide bonds. The zero-order valence-electron chi connectivity index (χ0n) is 16.4. The van der Waals surface area contributed by atoms with Gasteiger partial charge in [0.2, 0.25) is 0 Å². The van der Waals surface area contributed by atoms with Crippen LogP contribution in [0.1, 0.15) is 63.0 Å². The average Bonchev–Trinajstić information content (AvgIpc) is 2.68. The molecular formula is C24H32O2. The highest BCUT2D eigenvalue weighted by Crippen LogP contribution is 2.29. The molecule has 1 aliphatic carbocycles. The lowest BCUT2D eigenvalue weighted by molar-refractivity contribution is 0.0988. The molecule has 2 aromatic carbocycles. The number of rotatable bonds is 7. The van der Waals surface area contributed by atoms with Crippen molar-refractivity contribution in [1.82, 2.24) is 0 Å². The molecule has 0 spiro atoms. The molecule has 2 aromatic rings. The van der Waals surface area contributed by atoms with Crippen LogP contribution >= 0.6 is 0 Å². The Kier molecular flexibility index (Phi) is 6.60. The van der Waals surface area contributed by atoms with Gasteiger partial charge in [0.05, 0.1) is 12.7 Å². The van der Waals surface area contributed by atoms with E-state index in [1.54, 1.807) is 0 Å². The fourth-order valence-corrected chi connectivity index (χ4v) is 3.65. The van der Waals surface area contributed by atoms with Gasteiger partial charge in [0.15, 0.2) is 0 Å². The second-order valence-corrected chi connectivity index (χ2v) is 7.77. The topological polar surface area (TPSA) is 18.5 Å². The van der Waals surface area contributed by atoms with Crippen LogP contribution in [0.3, 0.4) is 0 Å². The Morgan fingerprint density at radius 1 is 0.962 bits per heavy atom. The minimum Gasteiger partial charge on any atom is -0.493 e. The quantitative estimate of drug-likeness (QED) is 0.564. The number of benzene rings is 2. The van der Waals surface area contributed by atoms with Crippen LogP contribution in [0.15, 0.2) is 48.5 Å². The van der Waals surface area contributed by atoms with Gasteiger partial charge in [-0.15, -0.1) is 0 Å². The van der Waals surface area contributed by atoms with E-state index in [9.17, 15) is 0 Å². The van der Waals surface area contributed by atoms with E-state index in [0.717, 1.165) is 30.9 Å². The first kappa shape index (κ1) is 18.8. The van der Waals surface area contributed by atoms with Crippen molar-refractivity contribution in [1.29, 1.82) is 0 Å². The molecule has 0 saturated heterocycles. The highest BCUT2D eigenvalue weighted by atomic mass is 16.5. The summed E-state index contributed by atoms with van der Waals surface area (Å²) in [6, 6.07) is 17.0. The van der Waals surface area contributed by atoms with Crippen molar-refractivity contribution in [3.05, 3.63) is 59.7 Å². The predicted molar refractivity (Wildman–Crippen MR) is 108 cm³/mol. The first-order chi connectivity index (χ1) is 12.6. The highest BCUT2D eigenvalue weighted by Gasteiger charge is 2.24. The van der Waals surface area contributed by atoms with Gasteiger partial charge in [0, 0.05) is 0 Å². The van der Waals surface area contributed by atoms with Crippen LogP contribution in [0, 0.1) is 12.8 Å². The van der Waals surface area contributed by atoms with E-state index < -0.39 is 0 Å². The van der Waals surface area contributed by atoms with Gasteiger partial charge >= 0.3 is 0 Å². The molecule has 3 unspecified atom stereocenters. The maximum atomic E-state index is 6.19. The molecule has 26 heavy (non-hydrogen) atoms. The van der Waals surface area contributed by atoms with Crippen molar-refractivity contribution in [3.8, 4) is 11.5 Å². The number of hydrogen-bond acceptors (Lipinski definition) is 2. The second-order valence-electron chi connectivity index (χ2n) is 7.77. The van der Waals surface area contributed by atoms with Crippen LogP contribution in [0.5, 0.6) is 11.5 Å². The van der Waals surface area contributed by atoms with E-state index in [-0.39, 0.29) is 0 Å². The Bertz CT molecular complexity index is 660. The minimum absolute atomic E-state index is 0.313. The van der Waals surface area contributed by atoms with E-state index in [1.165, 1.54) is 30.4 Å². The molecule has 140 valence electrons. The molecule has 0 N–H and O–H groups in total. The van der Waals surface area contributed by atoms with Gasteiger partial charge in [-0.05, 0) is 80.7 Å². The largest absolute Gasteiger partial charge is 0.493 e. The molecule has 0 aromatic heterocycles. The molecular weight excluding hydrogens is 320 g/mol. The van der Waals surface area contributed by atoms with Gasteiger partial charge in [-0.3, -0.25) is 0 Å². The van der Waals surface area contributed by atoms with Crippen LogP contribution in [0.2, 0.25) is 0 Å². The Morgan fingerprint density at radius 2 is 1.65 bits per heavy atom. The van der Waals surface area contributed by atoms with Crippen LogP contribution < -0.4 is 9.47 Å². The van der Waals surface area contributed by atoms with Gasteiger partial charge in [-0.2, -0.15) is 0 Å². The van der Waals surface area contributed by atoms with Gasteiger partial charge in [0.1, 0.15) is 11.5 Å². The predicted octanol–water partition coefficient (Wildman–Crippen LogP) is 6.53. The summed E-state index contributed by atoms with van der Waals surface area (Å²) in [7, 11) is 0. The van der Waals surface area contributed by atoms with E-state index in [2.05, 4.69) is 69.3 Å². The summed E-state index contributed by atoms with van der Waals surface area (Å²) in [5, 5.41) is 0. The molecule has 1 saturated carbocycles. The lowest BCUT2D eigenvalue weighted by Gasteiger charge is -2.29. The Balaban J connectivity index is 1.48. The van der Waals surface area contributed by atoms with E-state index in [1.807, 2.05) is 0 Å². The summed E-state index contributed by atoms with van der Waals surface area (Å²) in [4.78, 5) is 0. The SMILES string of the molecule is CCC(C)c1ccc(OCC2CCCC(Oc3ccc(C)cc3)C2)cc1. The van der Waals surface area contributed by atoms with Gasteiger partial charge in [-0.1, -0.05) is 43.7 Å². The molecule has 3 rings (SSSR count). The number of ether oxygens (including phenoxy) is 2. The highest BCUT2D eigenvalue weighted by molar-refractivity contribution is 5.29. The zero-order valence-corrected chi connectivity index (χ0v) is 16.4. The van der Waals surface area contributed by atoms with E-state index in [0.29, 0.717) is 17.9 Å². The molecule has 1 aliphatic rings. The fourth-order valence-electron chi connectivity index (χ4n) is 3.65. The summed E-state index contributed by atoms with van der Waals surface area (Å²) in [6.45, 7) is 7.39. The minimum atomic E-state index is 0.313. The zero-order chi connectivity index (χ0) is 18.4. The Hall–Kier alpha value is -1.96. The lowest BCUT2D eigenvalue weighted by atomic mass is 9.87. The van der Waals surface area contributed by atoms with Crippen molar-refractivity contribution in [3.63, 3.8) is 0 Å². The summed E-state index contributed by atoms with van der Waals surface area (Å²) >= 11 is 0. The van der Waals surface area contributed by atoms with E-state index >= 15 is 0 Å². The van der Waals surface area contributed by atoms with Crippen molar-refractivity contribution >= 4 is 0 Å². The first-order valence-corrected chi connectivity index (χ1v) is 10.1. The van der Waals surface area contributed by atoms with Gasteiger partial charge in [-0.25, -0.2) is 0 Å². The molecule has 1 fully saturated rings. The van der Waals surface area contributed by atoms with Gasteiger partial charge < -0.3 is 9.47 Å². The van der Waals surface area contributed by atoms with Crippen molar-refractivity contribution in [2.45, 2.75) is 64.9 Å². The summed E-state index contributed by atoms with van der Waals surface area (Å²) in [5.41, 5.74) is 2.66. The first-order valence-electron chi connectivity index (χ1n) is 10.1. The van der Waals surface area contributed by atoms with Crippen molar-refractivity contribution in [2.75, 3.05) is 6.61 Å². The Labute approximate surface area is 158 Å². The normalized spacial score (nSPS) is 21.2. The standard InChI is InChI=1S/C24H32O2/c1-4-19(3)21-10-14-22(15-11-21)25-17-20-6-5-7-24(16-20)26-23-12-8-18(2)9-13-23/h8-15,19-20,24H,4-7,16-17H2,1-3H3. The van der Waals surface area contributed by atoms with E-state index in [4.69, 9.17) is 9.47 Å². The molecule has 0 radical (unpaired) electrons. The fraction of sp³-hybridized carbons (Fsp3) is 0.500. The maximum absolute atomic E-state index is 6.19. The molecule has 2 heteroatoms. The van der Waals surface area contributed by atoms with Gasteiger partial charge in [0.25, 0.3) is 0 Å². The Morgan fingerprint density at radius 3 is 2.35 bits per heavy atom. The van der Waals surface area contributed by atoms with Crippen molar-refractivity contribution in [2.24, 2.45) is 5.92 Å². The molecule has 0 bridgehead atoms. The summed E-state index contributed by atoms with van der Waals surface area (Å²) in [6.07, 6.45) is 6.17. The third-order valence-electron chi connectivity index (χ3n) is 5.61. The maximum Gasteiger partial charge on any atom is 0.119 e. The number of hydrogen-bond donors (Lipinski definition) is 0. The molecule has 0 aliphatic heterocycles. The number of aryl methyl sites for hydroxylation is 1. The summed E-state index contributed by atoms with van der Waals surface area (Å²) in [5.74, 6) is 3.16. The third kappa shape index (κ3) is 5.27. The monoisotopic (exact) mass is 352 g/mol. The third-order valence-corrected chi connectivity index (χ3v) is 5.61. The average molecular weight is 353 g/mol.